The third-order valence-corrected chi connectivity index (χ3v) is 3.67. The molecule has 1 aliphatic rings. The quantitative estimate of drug-likeness (QED) is 0.866. The van der Waals surface area contributed by atoms with Gasteiger partial charge in [-0.3, -0.25) is 9.88 Å². The average molecular weight is 320 g/mol. The molecule has 0 N–H and O–H groups in total. The molecule has 1 aromatic heterocycles. The van der Waals surface area contributed by atoms with Crippen molar-refractivity contribution in [1.29, 1.82) is 0 Å². The SMILES string of the molecule is Clc1cccc(CN2CCOCC(Oc3cnccn3)C2)c1. The zero-order valence-corrected chi connectivity index (χ0v) is 12.9. The molecule has 1 fully saturated rings. The van der Waals surface area contributed by atoms with Crippen LogP contribution in [0.4, 0.5) is 0 Å². The first-order valence-corrected chi connectivity index (χ1v) is 7.64. The van der Waals surface area contributed by atoms with Crippen LogP contribution in [0.5, 0.6) is 5.88 Å². The number of hydrogen-bond acceptors (Lipinski definition) is 5. The second-order valence-corrected chi connectivity index (χ2v) is 5.66. The molecule has 0 saturated carbocycles. The van der Waals surface area contributed by atoms with E-state index in [9.17, 15) is 0 Å². The Hall–Kier alpha value is -1.69. The zero-order valence-electron chi connectivity index (χ0n) is 12.2. The fourth-order valence-electron chi connectivity index (χ4n) is 2.47. The Kier molecular flexibility index (Phi) is 5.21. The lowest BCUT2D eigenvalue weighted by atomic mass is 10.2. The summed E-state index contributed by atoms with van der Waals surface area (Å²) < 4.78 is 11.5. The molecule has 1 aromatic carbocycles. The van der Waals surface area contributed by atoms with Crippen molar-refractivity contribution in [2.45, 2.75) is 12.6 Å². The Labute approximate surface area is 134 Å². The predicted molar refractivity (Wildman–Crippen MR) is 84.0 cm³/mol. The van der Waals surface area contributed by atoms with E-state index in [4.69, 9.17) is 21.1 Å². The van der Waals surface area contributed by atoms with Gasteiger partial charge in [0.25, 0.3) is 0 Å². The Morgan fingerprint density at radius 2 is 2.32 bits per heavy atom. The fraction of sp³-hybridized carbons (Fsp3) is 0.375. The van der Waals surface area contributed by atoms with Crippen molar-refractivity contribution in [2.24, 2.45) is 0 Å². The molecule has 0 bridgehead atoms. The van der Waals surface area contributed by atoms with Crippen LogP contribution in [0.2, 0.25) is 5.02 Å². The van der Waals surface area contributed by atoms with Gasteiger partial charge in [-0.2, -0.15) is 0 Å². The summed E-state index contributed by atoms with van der Waals surface area (Å²) in [6.45, 7) is 3.73. The average Bonchev–Trinajstić information content (AvgIpc) is 2.73. The van der Waals surface area contributed by atoms with Crippen LogP contribution in [-0.4, -0.2) is 47.3 Å². The Morgan fingerprint density at radius 1 is 1.36 bits per heavy atom. The Balaban J connectivity index is 1.62. The summed E-state index contributed by atoms with van der Waals surface area (Å²) in [7, 11) is 0. The molecule has 116 valence electrons. The summed E-state index contributed by atoms with van der Waals surface area (Å²) in [5.41, 5.74) is 1.19. The van der Waals surface area contributed by atoms with E-state index in [2.05, 4.69) is 20.9 Å². The number of rotatable bonds is 4. The van der Waals surface area contributed by atoms with Crippen molar-refractivity contribution in [3.8, 4) is 5.88 Å². The van der Waals surface area contributed by atoms with Gasteiger partial charge in [-0.25, -0.2) is 4.98 Å². The van der Waals surface area contributed by atoms with Gasteiger partial charge in [0.1, 0.15) is 6.10 Å². The molecule has 2 heterocycles. The van der Waals surface area contributed by atoms with Crippen molar-refractivity contribution < 1.29 is 9.47 Å². The standard InChI is InChI=1S/C16H18ClN3O2/c17-14-3-1-2-13(8-14)10-20-6-7-21-12-15(11-20)22-16-9-18-4-5-19-16/h1-5,8-9,15H,6-7,10-12H2. The summed E-state index contributed by atoms with van der Waals surface area (Å²) in [6.07, 6.45) is 4.81. The van der Waals surface area contributed by atoms with Crippen molar-refractivity contribution >= 4 is 11.6 Å². The van der Waals surface area contributed by atoms with E-state index in [1.807, 2.05) is 18.2 Å². The van der Waals surface area contributed by atoms with Gasteiger partial charge in [0.2, 0.25) is 5.88 Å². The molecule has 5 nitrogen and oxygen atoms in total. The molecule has 0 radical (unpaired) electrons. The molecular formula is C16H18ClN3O2. The monoisotopic (exact) mass is 319 g/mol. The lowest BCUT2D eigenvalue weighted by Crippen LogP contribution is -2.35. The summed E-state index contributed by atoms with van der Waals surface area (Å²) in [5, 5.41) is 0.760. The van der Waals surface area contributed by atoms with E-state index in [0.717, 1.165) is 24.7 Å². The van der Waals surface area contributed by atoms with E-state index in [1.165, 1.54) is 5.56 Å². The first-order valence-electron chi connectivity index (χ1n) is 7.27. The van der Waals surface area contributed by atoms with E-state index in [-0.39, 0.29) is 6.10 Å². The molecule has 3 rings (SSSR count). The molecule has 6 heteroatoms. The van der Waals surface area contributed by atoms with Crippen LogP contribution in [0.1, 0.15) is 5.56 Å². The topological polar surface area (TPSA) is 47.5 Å². The summed E-state index contributed by atoms with van der Waals surface area (Å²) in [4.78, 5) is 10.5. The second-order valence-electron chi connectivity index (χ2n) is 5.22. The smallest absolute Gasteiger partial charge is 0.232 e. The predicted octanol–water partition coefficient (Wildman–Crippen LogP) is 2.41. The third kappa shape index (κ3) is 4.40. The van der Waals surface area contributed by atoms with Gasteiger partial charge < -0.3 is 9.47 Å². The Bertz CT molecular complexity index is 597. The molecule has 0 spiro atoms. The lowest BCUT2D eigenvalue weighted by molar-refractivity contribution is 0.0681. The summed E-state index contributed by atoms with van der Waals surface area (Å²) in [6, 6.07) is 7.93. The van der Waals surface area contributed by atoms with Crippen molar-refractivity contribution in [3.63, 3.8) is 0 Å². The van der Waals surface area contributed by atoms with Crippen LogP contribution in [0.25, 0.3) is 0 Å². The molecule has 2 aromatic rings. The highest BCUT2D eigenvalue weighted by molar-refractivity contribution is 6.30. The van der Waals surface area contributed by atoms with Gasteiger partial charge in [-0.15, -0.1) is 0 Å². The van der Waals surface area contributed by atoms with Crippen molar-refractivity contribution in [2.75, 3.05) is 26.3 Å². The molecule has 1 aliphatic heterocycles. The minimum absolute atomic E-state index is 0.0571. The number of halogens is 1. The maximum absolute atomic E-state index is 6.05. The van der Waals surface area contributed by atoms with Gasteiger partial charge in [-0.05, 0) is 17.7 Å². The maximum atomic E-state index is 6.05. The Morgan fingerprint density at radius 3 is 3.14 bits per heavy atom. The lowest BCUT2D eigenvalue weighted by Gasteiger charge is -2.23. The van der Waals surface area contributed by atoms with E-state index >= 15 is 0 Å². The molecule has 1 saturated heterocycles. The molecule has 22 heavy (non-hydrogen) atoms. The van der Waals surface area contributed by atoms with Crippen LogP contribution >= 0.6 is 11.6 Å². The molecule has 0 amide bonds. The number of aromatic nitrogens is 2. The first-order chi connectivity index (χ1) is 10.8. The molecular weight excluding hydrogens is 302 g/mol. The molecule has 1 atom stereocenters. The van der Waals surface area contributed by atoms with E-state index in [1.54, 1.807) is 18.6 Å². The number of benzene rings is 1. The molecule has 0 aliphatic carbocycles. The normalized spacial score (nSPS) is 19.6. The number of nitrogens with zero attached hydrogens (tertiary/aromatic N) is 3. The van der Waals surface area contributed by atoms with Crippen LogP contribution in [0.3, 0.4) is 0 Å². The van der Waals surface area contributed by atoms with E-state index < -0.39 is 0 Å². The first kappa shape index (κ1) is 15.2. The number of ether oxygens (including phenoxy) is 2. The largest absolute Gasteiger partial charge is 0.469 e. The van der Waals surface area contributed by atoms with Crippen LogP contribution in [-0.2, 0) is 11.3 Å². The highest BCUT2D eigenvalue weighted by atomic mass is 35.5. The second kappa shape index (κ2) is 7.54. The summed E-state index contributed by atoms with van der Waals surface area (Å²) >= 11 is 6.05. The summed E-state index contributed by atoms with van der Waals surface area (Å²) in [5.74, 6) is 0.528. The van der Waals surface area contributed by atoms with Gasteiger partial charge in [-0.1, -0.05) is 23.7 Å². The maximum Gasteiger partial charge on any atom is 0.232 e. The van der Waals surface area contributed by atoms with Gasteiger partial charge in [0.15, 0.2) is 0 Å². The highest BCUT2D eigenvalue weighted by Crippen LogP contribution is 2.15. The molecule has 1 unspecified atom stereocenters. The minimum atomic E-state index is -0.0571. The minimum Gasteiger partial charge on any atom is -0.469 e. The third-order valence-electron chi connectivity index (χ3n) is 3.44. The van der Waals surface area contributed by atoms with Crippen LogP contribution < -0.4 is 4.74 Å². The van der Waals surface area contributed by atoms with Gasteiger partial charge >= 0.3 is 0 Å². The zero-order chi connectivity index (χ0) is 15.2. The fourth-order valence-corrected chi connectivity index (χ4v) is 2.68. The number of hydrogen-bond donors (Lipinski definition) is 0. The van der Waals surface area contributed by atoms with Crippen molar-refractivity contribution in [3.05, 3.63) is 53.4 Å². The van der Waals surface area contributed by atoms with Gasteiger partial charge in [0, 0.05) is 37.1 Å². The van der Waals surface area contributed by atoms with Crippen LogP contribution in [0.15, 0.2) is 42.9 Å². The van der Waals surface area contributed by atoms with Crippen molar-refractivity contribution in [1.82, 2.24) is 14.9 Å². The van der Waals surface area contributed by atoms with Crippen LogP contribution in [0, 0.1) is 0 Å². The van der Waals surface area contributed by atoms with Gasteiger partial charge in [0.05, 0.1) is 19.4 Å². The van der Waals surface area contributed by atoms with E-state index in [0.29, 0.717) is 19.1 Å². The highest BCUT2D eigenvalue weighted by Gasteiger charge is 2.20.